The Morgan fingerprint density at radius 1 is 1.17 bits per heavy atom. The molecule has 154 valence electrons. The Labute approximate surface area is 180 Å². The molecule has 3 rings (SSSR count). The molecule has 0 spiro atoms. The van der Waals surface area contributed by atoms with Crippen LogP contribution < -0.4 is 5.32 Å². The highest BCUT2D eigenvalue weighted by atomic mass is 79.9. The zero-order valence-corrected chi connectivity index (χ0v) is 19.0. The third kappa shape index (κ3) is 5.60. The van der Waals surface area contributed by atoms with Crippen LogP contribution in [-0.4, -0.2) is 15.7 Å². The summed E-state index contributed by atoms with van der Waals surface area (Å²) in [7, 11) is 0. The van der Waals surface area contributed by atoms with Crippen LogP contribution in [0.5, 0.6) is 0 Å². The molecule has 0 atom stereocenters. The molecule has 0 saturated heterocycles. The van der Waals surface area contributed by atoms with Crippen molar-refractivity contribution in [2.24, 2.45) is 5.92 Å². The number of nitrogens with one attached hydrogen (secondary N) is 1. The van der Waals surface area contributed by atoms with E-state index in [1.165, 1.54) is 5.56 Å². The van der Waals surface area contributed by atoms with E-state index in [1.807, 2.05) is 43.3 Å². The molecule has 0 aliphatic carbocycles. The van der Waals surface area contributed by atoms with E-state index in [4.69, 9.17) is 4.42 Å². The number of halogens is 1. The lowest BCUT2D eigenvalue weighted by atomic mass is 10.1. The topological polar surface area (TPSA) is 60.1 Å². The Kier molecular flexibility index (Phi) is 6.96. The summed E-state index contributed by atoms with van der Waals surface area (Å²) in [5.74, 6) is 2.10. The van der Waals surface area contributed by atoms with Crippen LogP contribution in [0.3, 0.4) is 0 Å². The van der Waals surface area contributed by atoms with E-state index in [-0.39, 0.29) is 5.91 Å². The summed E-state index contributed by atoms with van der Waals surface area (Å²) in [6.45, 7) is 9.75. The number of amides is 1. The maximum Gasteiger partial charge on any atom is 0.220 e. The molecular formula is C23H28BrN3O2. The van der Waals surface area contributed by atoms with Crippen molar-refractivity contribution in [2.45, 2.75) is 53.6 Å². The molecule has 0 aliphatic heterocycles. The van der Waals surface area contributed by atoms with Gasteiger partial charge in [-0.2, -0.15) is 5.10 Å². The maximum atomic E-state index is 12.3. The Morgan fingerprint density at radius 3 is 2.59 bits per heavy atom. The minimum atomic E-state index is 0.0157. The van der Waals surface area contributed by atoms with Gasteiger partial charge in [0.1, 0.15) is 11.5 Å². The van der Waals surface area contributed by atoms with Crippen molar-refractivity contribution in [3.8, 4) is 11.3 Å². The van der Waals surface area contributed by atoms with Crippen molar-refractivity contribution in [1.82, 2.24) is 15.1 Å². The molecule has 1 aromatic carbocycles. The third-order valence-electron chi connectivity index (χ3n) is 4.92. The van der Waals surface area contributed by atoms with Crippen LogP contribution in [0.15, 0.2) is 45.3 Å². The molecule has 0 radical (unpaired) electrons. The Bertz CT molecular complexity index is 971. The molecule has 0 unspecified atom stereocenters. The second-order valence-electron chi connectivity index (χ2n) is 7.77. The molecule has 1 amide bonds. The fraction of sp³-hybridized carbons (Fsp3) is 0.391. The van der Waals surface area contributed by atoms with E-state index in [0.29, 0.717) is 25.3 Å². The van der Waals surface area contributed by atoms with Crippen LogP contribution in [0.2, 0.25) is 0 Å². The van der Waals surface area contributed by atoms with E-state index in [9.17, 15) is 4.79 Å². The number of rotatable bonds is 8. The highest BCUT2D eigenvalue weighted by molar-refractivity contribution is 9.10. The first-order valence-corrected chi connectivity index (χ1v) is 10.8. The lowest BCUT2D eigenvalue weighted by Gasteiger charge is -2.08. The van der Waals surface area contributed by atoms with Crippen molar-refractivity contribution < 1.29 is 9.21 Å². The molecular weight excluding hydrogens is 430 g/mol. The van der Waals surface area contributed by atoms with Crippen LogP contribution in [0.25, 0.3) is 11.3 Å². The van der Waals surface area contributed by atoms with Gasteiger partial charge in [-0.3, -0.25) is 9.48 Å². The van der Waals surface area contributed by atoms with Gasteiger partial charge in [0, 0.05) is 28.7 Å². The fourth-order valence-electron chi connectivity index (χ4n) is 3.37. The summed E-state index contributed by atoms with van der Waals surface area (Å²) in [6, 6.07) is 11.8. The SMILES string of the molecule is Cc1nn(CC(C)C)c(C)c1CCC(=O)NCc1ccc(-c2ccc(Br)cc2)o1. The van der Waals surface area contributed by atoms with Gasteiger partial charge in [-0.15, -0.1) is 0 Å². The van der Waals surface area contributed by atoms with Gasteiger partial charge in [-0.25, -0.2) is 0 Å². The molecule has 2 heterocycles. The Hall–Kier alpha value is -2.34. The largest absolute Gasteiger partial charge is 0.459 e. The number of aromatic nitrogens is 2. The predicted octanol–water partition coefficient (Wildman–Crippen LogP) is 5.43. The first kappa shape index (κ1) is 21.4. The summed E-state index contributed by atoms with van der Waals surface area (Å²) in [4.78, 5) is 12.3. The summed E-state index contributed by atoms with van der Waals surface area (Å²) in [5, 5.41) is 7.58. The monoisotopic (exact) mass is 457 g/mol. The lowest BCUT2D eigenvalue weighted by molar-refractivity contribution is -0.121. The quantitative estimate of drug-likeness (QED) is 0.490. The Morgan fingerprint density at radius 2 is 1.90 bits per heavy atom. The van der Waals surface area contributed by atoms with Gasteiger partial charge in [0.25, 0.3) is 0 Å². The standard InChI is InChI=1S/C23H28BrN3O2/c1-15(2)14-27-17(4)21(16(3)26-27)10-12-23(28)25-13-20-9-11-22(29-20)18-5-7-19(24)8-6-18/h5-9,11,15H,10,12-14H2,1-4H3,(H,25,28). The van der Waals surface area contributed by atoms with E-state index in [1.54, 1.807) is 0 Å². The van der Waals surface area contributed by atoms with Crippen LogP contribution in [0.4, 0.5) is 0 Å². The molecule has 0 bridgehead atoms. The summed E-state index contributed by atoms with van der Waals surface area (Å²) in [6.07, 6.45) is 1.14. The normalized spacial score (nSPS) is 11.2. The first-order valence-electron chi connectivity index (χ1n) is 9.97. The van der Waals surface area contributed by atoms with E-state index >= 15 is 0 Å². The van der Waals surface area contributed by atoms with Crippen LogP contribution in [0, 0.1) is 19.8 Å². The van der Waals surface area contributed by atoms with Crippen LogP contribution in [0.1, 0.15) is 43.0 Å². The zero-order chi connectivity index (χ0) is 21.0. The van der Waals surface area contributed by atoms with Crippen molar-refractivity contribution in [3.05, 3.63) is 63.6 Å². The minimum Gasteiger partial charge on any atom is -0.459 e. The van der Waals surface area contributed by atoms with Crippen molar-refractivity contribution in [3.63, 3.8) is 0 Å². The molecule has 3 aromatic rings. The number of nitrogens with zero attached hydrogens (tertiary/aromatic N) is 2. The summed E-state index contributed by atoms with van der Waals surface area (Å²) < 4.78 is 8.94. The van der Waals surface area contributed by atoms with Crippen LogP contribution >= 0.6 is 15.9 Å². The maximum absolute atomic E-state index is 12.3. The number of furan rings is 1. The van der Waals surface area contributed by atoms with Crippen molar-refractivity contribution in [2.75, 3.05) is 0 Å². The molecule has 6 heteroatoms. The highest BCUT2D eigenvalue weighted by Gasteiger charge is 2.14. The third-order valence-corrected chi connectivity index (χ3v) is 5.45. The van der Waals surface area contributed by atoms with Crippen molar-refractivity contribution in [1.29, 1.82) is 0 Å². The molecule has 1 N–H and O–H groups in total. The molecule has 0 aliphatic rings. The average Bonchev–Trinajstić information content (AvgIpc) is 3.24. The molecule has 0 saturated carbocycles. The first-order chi connectivity index (χ1) is 13.8. The minimum absolute atomic E-state index is 0.0157. The highest BCUT2D eigenvalue weighted by Crippen LogP contribution is 2.24. The number of aryl methyl sites for hydroxylation is 1. The van der Waals surface area contributed by atoms with E-state index in [2.05, 4.69) is 51.8 Å². The van der Waals surface area contributed by atoms with E-state index < -0.39 is 0 Å². The number of hydrogen-bond acceptors (Lipinski definition) is 3. The van der Waals surface area contributed by atoms with Gasteiger partial charge < -0.3 is 9.73 Å². The van der Waals surface area contributed by atoms with Crippen LogP contribution in [-0.2, 0) is 24.3 Å². The number of benzene rings is 1. The molecule has 2 aromatic heterocycles. The smallest absolute Gasteiger partial charge is 0.220 e. The zero-order valence-electron chi connectivity index (χ0n) is 17.5. The van der Waals surface area contributed by atoms with E-state index in [0.717, 1.165) is 39.5 Å². The second kappa shape index (κ2) is 9.44. The average molecular weight is 458 g/mol. The molecule has 29 heavy (non-hydrogen) atoms. The summed E-state index contributed by atoms with van der Waals surface area (Å²) >= 11 is 3.43. The van der Waals surface area contributed by atoms with Gasteiger partial charge in [0.15, 0.2) is 0 Å². The summed E-state index contributed by atoms with van der Waals surface area (Å²) in [5.41, 5.74) is 4.36. The fourth-order valence-corrected chi connectivity index (χ4v) is 3.64. The van der Waals surface area contributed by atoms with Gasteiger partial charge in [-0.05, 0) is 56.0 Å². The molecule has 5 nitrogen and oxygen atoms in total. The van der Waals surface area contributed by atoms with Gasteiger partial charge in [0.2, 0.25) is 5.91 Å². The van der Waals surface area contributed by atoms with Gasteiger partial charge in [0.05, 0.1) is 12.2 Å². The van der Waals surface area contributed by atoms with Gasteiger partial charge in [-0.1, -0.05) is 41.9 Å². The molecule has 0 fully saturated rings. The lowest BCUT2D eigenvalue weighted by Crippen LogP contribution is -2.22. The van der Waals surface area contributed by atoms with Gasteiger partial charge >= 0.3 is 0 Å². The Balaban J connectivity index is 1.52. The number of carbonyl (C=O) groups is 1. The number of hydrogen-bond donors (Lipinski definition) is 1. The second-order valence-corrected chi connectivity index (χ2v) is 8.69. The van der Waals surface area contributed by atoms with Crippen molar-refractivity contribution >= 4 is 21.8 Å². The predicted molar refractivity (Wildman–Crippen MR) is 119 cm³/mol. The number of carbonyl (C=O) groups excluding carboxylic acids is 1.